The molecule has 1 heterocycles. The van der Waals surface area contributed by atoms with Crippen LogP contribution in [0.3, 0.4) is 0 Å². The van der Waals surface area contributed by atoms with Crippen molar-refractivity contribution in [2.45, 2.75) is 6.54 Å². The highest BCUT2D eigenvalue weighted by Crippen LogP contribution is 1.91. The Bertz CT molecular complexity index is 299. The molecule has 0 spiro atoms. The Labute approximate surface area is 80.5 Å². The van der Waals surface area contributed by atoms with Crippen molar-refractivity contribution in [2.75, 3.05) is 19.8 Å². The van der Waals surface area contributed by atoms with Crippen molar-refractivity contribution in [1.29, 1.82) is 0 Å². The number of carbonyl (C=O) groups is 1. The molecule has 0 fully saturated rings. The minimum absolute atomic E-state index is 0.0100. The van der Waals surface area contributed by atoms with Gasteiger partial charge >= 0.3 is 0 Å². The van der Waals surface area contributed by atoms with E-state index in [0.717, 1.165) is 0 Å². The standard InChI is InChI=1S/C7H12N4O3/c8-7(13)6-5-11(10-9-6)1-3-14-4-2-12/h5,12H,1-4H2,(H2,8,13). The summed E-state index contributed by atoms with van der Waals surface area (Å²) in [6, 6.07) is 0. The van der Waals surface area contributed by atoms with E-state index in [9.17, 15) is 4.79 Å². The fraction of sp³-hybridized carbons (Fsp3) is 0.571. The molecule has 0 saturated carbocycles. The van der Waals surface area contributed by atoms with Gasteiger partial charge in [0.25, 0.3) is 5.91 Å². The predicted molar refractivity (Wildman–Crippen MR) is 46.4 cm³/mol. The largest absolute Gasteiger partial charge is 0.394 e. The van der Waals surface area contributed by atoms with Crippen LogP contribution >= 0.6 is 0 Å². The second kappa shape index (κ2) is 5.30. The average Bonchev–Trinajstić information content (AvgIpc) is 2.61. The minimum atomic E-state index is -0.604. The zero-order chi connectivity index (χ0) is 10.4. The van der Waals surface area contributed by atoms with Crippen LogP contribution in [0.15, 0.2) is 6.20 Å². The summed E-state index contributed by atoms with van der Waals surface area (Å²) >= 11 is 0. The second-order valence-corrected chi connectivity index (χ2v) is 2.57. The highest BCUT2D eigenvalue weighted by Gasteiger charge is 2.05. The van der Waals surface area contributed by atoms with Crippen molar-refractivity contribution in [3.63, 3.8) is 0 Å². The second-order valence-electron chi connectivity index (χ2n) is 2.57. The van der Waals surface area contributed by atoms with Crippen molar-refractivity contribution in [3.05, 3.63) is 11.9 Å². The van der Waals surface area contributed by atoms with Crippen LogP contribution in [0.25, 0.3) is 0 Å². The third-order valence-corrected chi connectivity index (χ3v) is 1.49. The van der Waals surface area contributed by atoms with Crippen LogP contribution in [-0.2, 0) is 11.3 Å². The maximum absolute atomic E-state index is 10.6. The van der Waals surface area contributed by atoms with E-state index in [1.165, 1.54) is 10.9 Å². The molecule has 0 aliphatic carbocycles. The molecule has 0 atom stereocenters. The smallest absolute Gasteiger partial charge is 0.270 e. The molecule has 0 aromatic carbocycles. The van der Waals surface area contributed by atoms with E-state index in [-0.39, 0.29) is 18.9 Å². The van der Waals surface area contributed by atoms with Gasteiger partial charge in [0.05, 0.1) is 32.6 Å². The maximum Gasteiger partial charge on any atom is 0.270 e. The Balaban J connectivity index is 2.33. The summed E-state index contributed by atoms with van der Waals surface area (Å²) in [5, 5.41) is 15.6. The lowest BCUT2D eigenvalue weighted by Crippen LogP contribution is -2.11. The van der Waals surface area contributed by atoms with Gasteiger partial charge in [0, 0.05) is 0 Å². The van der Waals surface area contributed by atoms with E-state index in [1.54, 1.807) is 0 Å². The summed E-state index contributed by atoms with van der Waals surface area (Å²) < 4.78 is 6.46. The topological polar surface area (TPSA) is 103 Å². The number of amides is 1. The van der Waals surface area contributed by atoms with Crippen LogP contribution in [-0.4, -0.2) is 45.8 Å². The number of aliphatic hydroxyl groups is 1. The molecule has 7 heteroatoms. The van der Waals surface area contributed by atoms with Crippen LogP contribution < -0.4 is 5.73 Å². The van der Waals surface area contributed by atoms with Gasteiger partial charge in [-0.15, -0.1) is 5.10 Å². The molecule has 3 N–H and O–H groups in total. The summed E-state index contributed by atoms with van der Waals surface area (Å²) in [5.41, 5.74) is 5.12. The first kappa shape index (κ1) is 10.6. The summed E-state index contributed by atoms with van der Waals surface area (Å²) in [5.74, 6) is -0.604. The van der Waals surface area contributed by atoms with Crippen LogP contribution in [0.4, 0.5) is 0 Å². The van der Waals surface area contributed by atoms with Crippen LogP contribution in [0.2, 0.25) is 0 Å². The van der Waals surface area contributed by atoms with Crippen LogP contribution in [0, 0.1) is 0 Å². The molecule has 0 unspecified atom stereocenters. The number of hydrogen-bond acceptors (Lipinski definition) is 5. The molecule has 0 bridgehead atoms. The first-order chi connectivity index (χ1) is 6.74. The lowest BCUT2D eigenvalue weighted by molar-refractivity contribution is 0.0851. The van der Waals surface area contributed by atoms with Gasteiger partial charge in [-0.25, -0.2) is 4.68 Å². The Kier molecular flexibility index (Phi) is 4.02. The molecule has 1 aromatic rings. The molecular formula is C7H12N4O3. The molecule has 1 aromatic heterocycles. The molecular weight excluding hydrogens is 188 g/mol. The Hall–Kier alpha value is -1.47. The highest BCUT2D eigenvalue weighted by atomic mass is 16.5. The molecule has 0 aliphatic rings. The zero-order valence-corrected chi connectivity index (χ0v) is 7.59. The van der Waals surface area contributed by atoms with E-state index < -0.39 is 5.91 Å². The van der Waals surface area contributed by atoms with E-state index in [2.05, 4.69) is 10.3 Å². The van der Waals surface area contributed by atoms with Gasteiger partial charge in [-0.2, -0.15) is 0 Å². The molecule has 78 valence electrons. The monoisotopic (exact) mass is 200 g/mol. The molecule has 1 rings (SSSR count). The lowest BCUT2D eigenvalue weighted by atomic mass is 10.5. The van der Waals surface area contributed by atoms with E-state index >= 15 is 0 Å². The molecule has 1 amide bonds. The van der Waals surface area contributed by atoms with Crippen molar-refractivity contribution in [2.24, 2.45) is 5.73 Å². The summed E-state index contributed by atoms with van der Waals surface area (Å²) in [6.07, 6.45) is 1.45. The van der Waals surface area contributed by atoms with Crippen LogP contribution in [0.1, 0.15) is 10.5 Å². The number of rotatable bonds is 6. The number of nitrogens with zero attached hydrogens (tertiary/aromatic N) is 3. The Morgan fingerprint density at radius 1 is 1.64 bits per heavy atom. The zero-order valence-electron chi connectivity index (χ0n) is 7.59. The molecule has 7 nitrogen and oxygen atoms in total. The molecule has 0 saturated heterocycles. The number of ether oxygens (including phenoxy) is 1. The summed E-state index contributed by atoms with van der Waals surface area (Å²) in [4.78, 5) is 10.6. The molecule has 0 aliphatic heterocycles. The fourth-order valence-electron chi connectivity index (χ4n) is 0.845. The number of nitrogens with two attached hydrogens (primary N) is 1. The van der Waals surface area contributed by atoms with Crippen molar-refractivity contribution in [1.82, 2.24) is 15.0 Å². The van der Waals surface area contributed by atoms with Gasteiger partial charge in [0.2, 0.25) is 0 Å². The lowest BCUT2D eigenvalue weighted by Gasteiger charge is -2.00. The van der Waals surface area contributed by atoms with E-state index in [1.807, 2.05) is 0 Å². The number of aromatic nitrogens is 3. The van der Waals surface area contributed by atoms with Gasteiger partial charge in [-0.1, -0.05) is 5.21 Å². The van der Waals surface area contributed by atoms with Gasteiger partial charge < -0.3 is 15.6 Å². The third-order valence-electron chi connectivity index (χ3n) is 1.49. The Morgan fingerprint density at radius 3 is 3.00 bits per heavy atom. The first-order valence-electron chi connectivity index (χ1n) is 4.12. The van der Waals surface area contributed by atoms with E-state index in [0.29, 0.717) is 13.2 Å². The number of hydrogen-bond donors (Lipinski definition) is 2. The SMILES string of the molecule is NC(=O)c1cn(CCOCCO)nn1. The number of primary amides is 1. The number of aliphatic hydroxyl groups excluding tert-OH is 1. The summed E-state index contributed by atoms with van der Waals surface area (Å²) in [6.45, 7) is 1.16. The van der Waals surface area contributed by atoms with Gasteiger partial charge in [0.15, 0.2) is 5.69 Å². The van der Waals surface area contributed by atoms with Gasteiger partial charge in [-0.05, 0) is 0 Å². The highest BCUT2D eigenvalue weighted by molar-refractivity contribution is 5.90. The quantitative estimate of drug-likeness (QED) is 0.537. The van der Waals surface area contributed by atoms with Crippen molar-refractivity contribution < 1.29 is 14.6 Å². The number of carbonyl (C=O) groups excluding carboxylic acids is 1. The fourth-order valence-corrected chi connectivity index (χ4v) is 0.845. The van der Waals surface area contributed by atoms with Gasteiger partial charge in [0.1, 0.15) is 0 Å². The minimum Gasteiger partial charge on any atom is -0.394 e. The maximum atomic E-state index is 10.6. The Morgan fingerprint density at radius 2 is 2.43 bits per heavy atom. The van der Waals surface area contributed by atoms with Crippen molar-refractivity contribution >= 4 is 5.91 Å². The molecule has 14 heavy (non-hydrogen) atoms. The molecule has 0 radical (unpaired) electrons. The third kappa shape index (κ3) is 3.11. The van der Waals surface area contributed by atoms with Crippen LogP contribution in [0.5, 0.6) is 0 Å². The first-order valence-corrected chi connectivity index (χ1v) is 4.12. The van der Waals surface area contributed by atoms with Gasteiger partial charge in [-0.3, -0.25) is 4.79 Å². The van der Waals surface area contributed by atoms with E-state index in [4.69, 9.17) is 15.6 Å². The summed E-state index contributed by atoms with van der Waals surface area (Å²) in [7, 11) is 0. The predicted octanol–water partition coefficient (Wildman–Crippen LogP) is -1.61. The normalized spacial score (nSPS) is 10.4. The van der Waals surface area contributed by atoms with Crippen molar-refractivity contribution in [3.8, 4) is 0 Å². The average molecular weight is 200 g/mol.